The number of carbonyl (C=O) groups excluding carboxylic acids is 1. The number of benzene rings is 1. The van der Waals surface area contributed by atoms with Crippen molar-refractivity contribution in [1.29, 1.82) is 0 Å². The second-order valence-corrected chi connectivity index (χ2v) is 8.95. The molecule has 2 aromatic heterocycles. The third-order valence-electron chi connectivity index (χ3n) is 6.45. The topological polar surface area (TPSA) is 50.1 Å². The average molecular weight is 435 g/mol. The van der Waals surface area contributed by atoms with Crippen molar-refractivity contribution in [2.75, 3.05) is 40.4 Å². The highest BCUT2D eigenvalue weighted by Gasteiger charge is 2.26. The summed E-state index contributed by atoms with van der Waals surface area (Å²) in [6.45, 7) is 6.25. The summed E-state index contributed by atoms with van der Waals surface area (Å²) < 4.78 is 7.51. The van der Waals surface area contributed by atoms with Crippen molar-refractivity contribution in [3.8, 4) is 0 Å². The van der Waals surface area contributed by atoms with Crippen LogP contribution in [-0.2, 0) is 17.7 Å². The molecule has 1 atom stereocenters. The number of amides is 1. The van der Waals surface area contributed by atoms with Crippen molar-refractivity contribution >= 4 is 11.6 Å². The highest BCUT2D eigenvalue weighted by Crippen LogP contribution is 2.23. The molecule has 1 amide bonds. The van der Waals surface area contributed by atoms with Gasteiger partial charge in [0.15, 0.2) is 5.69 Å². The fourth-order valence-electron chi connectivity index (χ4n) is 4.68. The van der Waals surface area contributed by atoms with Crippen LogP contribution in [0.4, 0.5) is 0 Å². The van der Waals surface area contributed by atoms with E-state index in [1.807, 2.05) is 37.5 Å². The molecule has 0 bridgehead atoms. The first-order valence-corrected chi connectivity index (χ1v) is 11.5. The molecule has 6 nitrogen and oxygen atoms in total. The van der Waals surface area contributed by atoms with Crippen molar-refractivity contribution in [3.05, 3.63) is 71.2 Å². The van der Waals surface area contributed by atoms with E-state index in [0.717, 1.165) is 56.0 Å². The minimum atomic E-state index is -0.00974. The van der Waals surface area contributed by atoms with Crippen molar-refractivity contribution in [3.63, 3.8) is 0 Å². The zero-order chi connectivity index (χ0) is 22.5. The average Bonchev–Trinajstić information content (AvgIpc) is 3.18. The SMILES string of the molecule is COC[C@H]1CCCN(Cc2c(C(=O)N(C)CCc3ccccc3)nc3c(C)cccn23)C1. The molecule has 1 aliphatic heterocycles. The first-order chi connectivity index (χ1) is 15.6. The van der Waals surface area contributed by atoms with Crippen LogP contribution in [0.1, 0.15) is 40.2 Å². The minimum Gasteiger partial charge on any atom is -0.384 e. The molecule has 0 spiro atoms. The number of aromatic nitrogens is 2. The molecule has 170 valence electrons. The number of pyridine rings is 1. The van der Waals surface area contributed by atoms with E-state index in [-0.39, 0.29) is 5.91 Å². The number of hydrogen-bond acceptors (Lipinski definition) is 4. The van der Waals surface area contributed by atoms with Crippen LogP contribution in [0.3, 0.4) is 0 Å². The van der Waals surface area contributed by atoms with Gasteiger partial charge in [-0.25, -0.2) is 4.98 Å². The fraction of sp³-hybridized carbons (Fsp3) is 0.462. The van der Waals surface area contributed by atoms with E-state index in [0.29, 0.717) is 18.2 Å². The Labute approximate surface area is 190 Å². The molecule has 3 heterocycles. The number of ether oxygens (including phenoxy) is 1. The molecule has 4 rings (SSSR count). The van der Waals surface area contributed by atoms with E-state index in [9.17, 15) is 4.79 Å². The number of hydrogen-bond donors (Lipinski definition) is 0. The molecule has 0 radical (unpaired) electrons. The summed E-state index contributed by atoms with van der Waals surface area (Å²) in [7, 11) is 3.65. The molecule has 1 saturated heterocycles. The van der Waals surface area contributed by atoms with Gasteiger partial charge in [-0.15, -0.1) is 0 Å². The predicted octanol–water partition coefficient (Wildman–Crippen LogP) is 3.82. The summed E-state index contributed by atoms with van der Waals surface area (Å²) in [5.41, 5.74) is 4.74. The van der Waals surface area contributed by atoms with E-state index in [1.165, 1.54) is 12.0 Å². The van der Waals surface area contributed by atoms with E-state index >= 15 is 0 Å². The molecule has 1 fully saturated rings. The largest absolute Gasteiger partial charge is 0.384 e. The summed E-state index contributed by atoms with van der Waals surface area (Å²) in [6.07, 6.45) is 5.21. The van der Waals surface area contributed by atoms with Crippen molar-refractivity contribution in [2.24, 2.45) is 5.92 Å². The van der Waals surface area contributed by atoms with E-state index in [2.05, 4.69) is 34.4 Å². The lowest BCUT2D eigenvalue weighted by atomic mass is 9.99. The normalized spacial score (nSPS) is 17.0. The monoisotopic (exact) mass is 434 g/mol. The van der Waals surface area contributed by atoms with Gasteiger partial charge in [0, 0.05) is 40.0 Å². The lowest BCUT2D eigenvalue weighted by Gasteiger charge is -2.32. The van der Waals surface area contributed by atoms with Crippen LogP contribution in [0.25, 0.3) is 5.65 Å². The van der Waals surface area contributed by atoms with Crippen LogP contribution in [0.15, 0.2) is 48.7 Å². The van der Waals surface area contributed by atoms with Gasteiger partial charge in [-0.05, 0) is 55.8 Å². The van der Waals surface area contributed by atoms with Crippen LogP contribution in [-0.4, -0.2) is 65.5 Å². The highest BCUT2D eigenvalue weighted by molar-refractivity contribution is 5.94. The van der Waals surface area contributed by atoms with Crippen molar-refractivity contribution < 1.29 is 9.53 Å². The maximum Gasteiger partial charge on any atom is 0.274 e. The molecule has 0 aliphatic carbocycles. The first kappa shape index (κ1) is 22.5. The van der Waals surface area contributed by atoms with E-state index < -0.39 is 0 Å². The van der Waals surface area contributed by atoms with Gasteiger partial charge >= 0.3 is 0 Å². The summed E-state index contributed by atoms with van der Waals surface area (Å²) >= 11 is 0. The number of nitrogens with zero attached hydrogens (tertiary/aromatic N) is 4. The highest BCUT2D eigenvalue weighted by atomic mass is 16.5. The van der Waals surface area contributed by atoms with Crippen LogP contribution < -0.4 is 0 Å². The molecular formula is C26H34N4O2. The standard InChI is InChI=1S/C26H34N4O2/c1-20-9-7-15-30-23(18-29-14-8-12-22(17-29)19-32-3)24(27-25(20)30)26(31)28(2)16-13-21-10-5-4-6-11-21/h4-7,9-11,15,22H,8,12-14,16-19H2,1-3H3/t22-/m0/s1. The Balaban J connectivity index is 1.57. The molecule has 1 aromatic carbocycles. The smallest absolute Gasteiger partial charge is 0.274 e. The van der Waals surface area contributed by atoms with Gasteiger partial charge in [0.05, 0.1) is 12.3 Å². The number of imidazole rings is 1. The van der Waals surface area contributed by atoms with Crippen LogP contribution in [0, 0.1) is 12.8 Å². The molecule has 3 aromatic rings. The van der Waals surface area contributed by atoms with Crippen molar-refractivity contribution in [2.45, 2.75) is 32.7 Å². The summed E-state index contributed by atoms with van der Waals surface area (Å²) in [5.74, 6) is 0.534. The quantitative estimate of drug-likeness (QED) is 0.541. The minimum absolute atomic E-state index is 0.00974. The van der Waals surface area contributed by atoms with Gasteiger partial charge in [-0.1, -0.05) is 36.4 Å². The van der Waals surface area contributed by atoms with E-state index in [1.54, 1.807) is 12.0 Å². The molecule has 6 heteroatoms. The number of aryl methyl sites for hydroxylation is 1. The third-order valence-corrected chi connectivity index (χ3v) is 6.45. The summed E-state index contributed by atoms with van der Waals surface area (Å²) in [5, 5.41) is 0. The van der Waals surface area contributed by atoms with Crippen LogP contribution in [0.5, 0.6) is 0 Å². The first-order valence-electron chi connectivity index (χ1n) is 11.5. The van der Waals surface area contributed by atoms with E-state index in [4.69, 9.17) is 9.72 Å². The second kappa shape index (κ2) is 10.3. The zero-order valence-electron chi connectivity index (χ0n) is 19.5. The Kier molecular flexibility index (Phi) is 7.22. The lowest BCUT2D eigenvalue weighted by molar-refractivity contribution is 0.0777. The Bertz CT molecular complexity index is 1040. The summed E-state index contributed by atoms with van der Waals surface area (Å²) in [6, 6.07) is 14.4. The molecule has 0 saturated carbocycles. The van der Waals surface area contributed by atoms with Crippen LogP contribution >= 0.6 is 0 Å². The molecular weight excluding hydrogens is 400 g/mol. The van der Waals surface area contributed by atoms with Crippen LogP contribution in [0.2, 0.25) is 0 Å². The molecule has 32 heavy (non-hydrogen) atoms. The number of likely N-dealkylation sites (tertiary alicyclic amines) is 1. The van der Waals surface area contributed by atoms with Gasteiger partial charge in [-0.2, -0.15) is 0 Å². The predicted molar refractivity (Wildman–Crippen MR) is 127 cm³/mol. The number of carbonyl (C=O) groups is 1. The Morgan fingerprint density at radius 3 is 2.81 bits per heavy atom. The number of methoxy groups -OCH3 is 1. The number of fused-ring (bicyclic) bond motifs is 1. The second-order valence-electron chi connectivity index (χ2n) is 8.95. The number of rotatable bonds is 8. The number of piperidine rings is 1. The zero-order valence-corrected chi connectivity index (χ0v) is 19.5. The fourth-order valence-corrected chi connectivity index (χ4v) is 4.68. The maximum atomic E-state index is 13.5. The Hall–Kier alpha value is -2.70. The number of likely N-dealkylation sites (N-methyl/N-ethyl adjacent to an activating group) is 1. The Morgan fingerprint density at radius 2 is 2.03 bits per heavy atom. The van der Waals surface area contributed by atoms with Gasteiger partial charge < -0.3 is 14.0 Å². The maximum absolute atomic E-state index is 13.5. The third kappa shape index (κ3) is 5.03. The molecule has 0 N–H and O–H groups in total. The van der Waals surface area contributed by atoms with Crippen molar-refractivity contribution in [1.82, 2.24) is 19.2 Å². The Morgan fingerprint density at radius 1 is 1.22 bits per heavy atom. The van der Waals surface area contributed by atoms with Gasteiger partial charge in [0.1, 0.15) is 5.65 Å². The lowest BCUT2D eigenvalue weighted by Crippen LogP contribution is -2.37. The molecule has 1 aliphatic rings. The van der Waals surface area contributed by atoms with Gasteiger partial charge in [-0.3, -0.25) is 9.69 Å². The summed E-state index contributed by atoms with van der Waals surface area (Å²) in [4.78, 5) is 22.6. The van der Waals surface area contributed by atoms with Gasteiger partial charge in [0.2, 0.25) is 0 Å². The van der Waals surface area contributed by atoms with Gasteiger partial charge in [0.25, 0.3) is 5.91 Å². The molecule has 0 unspecified atom stereocenters.